The van der Waals surface area contributed by atoms with Crippen molar-refractivity contribution < 1.29 is 9.18 Å². The van der Waals surface area contributed by atoms with Gasteiger partial charge in [0.05, 0.1) is 10.6 Å². The molecule has 0 spiro atoms. The Hall–Kier alpha value is -0.740. The number of carbonyl (C=O) groups excluding carboxylic acids is 1. The molecule has 1 heterocycles. The van der Waals surface area contributed by atoms with E-state index in [2.05, 4.69) is 0 Å². The molecule has 1 unspecified atom stereocenters. The van der Waals surface area contributed by atoms with Crippen LogP contribution in [0.4, 0.5) is 4.39 Å². The normalized spacial score (nSPS) is 19.7. The smallest absolute Gasteiger partial charge is 0.255 e. The van der Waals surface area contributed by atoms with Crippen molar-refractivity contribution in [2.24, 2.45) is 0 Å². The Bertz CT molecular complexity index is 441. The number of amides is 1. The van der Waals surface area contributed by atoms with Crippen molar-refractivity contribution >= 4 is 29.3 Å². The minimum absolute atomic E-state index is 0.105. The molecule has 0 aliphatic carbocycles. The molecule has 1 atom stereocenters. The predicted octanol–water partition coefficient (Wildman–Crippen LogP) is 3.06. The number of benzene rings is 1. The standard InChI is InChI=1S/C12H13ClFNOS/c1-17-9-4-5-15(7-9)12(16)10-3-2-8(14)6-11(10)13/h2-3,6,9H,4-5,7H2,1H3. The van der Waals surface area contributed by atoms with Crippen molar-refractivity contribution in [3.63, 3.8) is 0 Å². The predicted molar refractivity (Wildman–Crippen MR) is 69.2 cm³/mol. The van der Waals surface area contributed by atoms with Crippen LogP contribution in [-0.4, -0.2) is 35.4 Å². The topological polar surface area (TPSA) is 20.3 Å². The van der Waals surface area contributed by atoms with Gasteiger partial charge >= 0.3 is 0 Å². The van der Waals surface area contributed by atoms with Gasteiger partial charge in [-0.2, -0.15) is 11.8 Å². The largest absolute Gasteiger partial charge is 0.337 e. The lowest BCUT2D eigenvalue weighted by molar-refractivity contribution is 0.0793. The first kappa shape index (κ1) is 12.7. The molecule has 5 heteroatoms. The third-order valence-electron chi connectivity index (χ3n) is 2.93. The Morgan fingerprint density at radius 1 is 1.59 bits per heavy atom. The quantitative estimate of drug-likeness (QED) is 0.825. The lowest BCUT2D eigenvalue weighted by Crippen LogP contribution is -2.29. The van der Waals surface area contributed by atoms with Gasteiger partial charge in [0.1, 0.15) is 5.82 Å². The highest BCUT2D eigenvalue weighted by Crippen LogP contribution is 2.24. The van der Waals surface area contributed by atoms with Crippen molar-refractivity contribution in [3.8, 4) is 0 Å². The zero-order valence-electron chi connectivity index (χ0n) is 9.45. The molecule has 92 valence electrons. The summed E-state index contributed by atoms with van der Waals surface area (Å²) in [7, 11) is 0. The lowest BCUT2D eigenvalue weighted by atomic mass is 10.2. The van der Waals surface area contributed by atoms with Crippen LogP contribution in [0.5, 0.6) is 0 Å². The molecule has 1 saturated heterocycles. The average molecular weight is 274 g/mol. The SMILES string of the molecule is CSC1CCN(C(=O)c2ccc(F)cc2Cl)C1. The Kier molecular flexibility index (Phi) is 3.94. The van der Waals surface area contributed by atoms with E-state index in [1.165, 1.54) is 18.2 Å². The van der Waals surface area contributed by atoms with Crippen LogP contribution >= 0.6 is 23.4 Å². The monoisotopic (exact) mass is 273 g/mol. The van der Waals surface area contributed by atoms with E-state index in [-0.39, 0.29) is 10.9 Å². The highest BCUT2D eigenvalue weighted by Gasteiger charge is 2.27. The minimum Gasteiger partial charge on any atom is -0.337 e. The van der Waals surface area contributed by atoms with E-state index in [0.29, 0.717) is 10.8 Å². The van der Waals surface area contributed by atoms with Gasteiger partial charge in [-0.05, 0) is 30.9 Å². The molecule has 2 nitrogen and oxygen atoms in total. The summed E-state index contributed by atoms with van der Waals surface area (Å²) in [4.78, 5) is 13.9. The van der Waals surface area contributed by atoms with E-state index in [1.54, 1.807) is 16.7 Å². The molecule has 2 rings (SSSR count). The van der Waals surface area contributed by atoms with E-state index >= 15 is 0 Å². The van der Waals surface area contributed by atoms with Crippen molar-refractivity contribution in [2.75, 3.05) is 19.3 Å². The number of nitrogens with zero attached hydrogens (tertiary/aromatic N) is 1. The second-order valence-corrected chi connectivity index (χ2v) is 5.57. The second-order valence-electron chi connectivity index (χ2n) is 4.02. The van der Waals surface area contributed by atoms with Crippen LogP contribution < -0.4 is 0 Å². The zero-order valence-corrected chi connectivity index (χ0v) is 11.0. The highest BCUT2D eigenvalue weighted by atomic mass is 35.5. The van der Waals surface area contributed by atoms with Crippen molar-refractivity contribution in [1.29, 1.82) is 0 Å². The molecule has 0 radical (unpaired) electrons. The number of hydrogen-bond acceptors (Lipinski definition) is 2. The first-order valence-electron chi connectivity index (χ1n) is 5.39. The van der Waals surface area contributed by atoms with Crippen LogP contribution in [0.1, 0.15) is 16.8 Å². The molecular weight excluding hydrogens is 261 g/mol. The number of likely N-dealkylation sites (tertiary alicyclic amines) is 1. The second kappa shape index (κ2) is 5.27. The molecule has 1 aliphatic rings. The summed E-state index contributed by atoms with van der Waals surface area (Å²) in [5, 5.41) is 0.681. The number of rotatable bonds is 2. The van der Waals surface area contributed by atoms with Crippen LogP contribution in [0.15, 0.2) is 18.2 Å². The molecule has 1 fully saturated rings. The summed E-state index contributed by atoms with van der Waals surface area (Å²) >= 11 is 7.65. The number of carbonyl (C=O) groups is 1. The molecule has 17 heavy (non-hydrogen) atoms. The maximum Gasteiger partial charge on any atom is 0.255 e. The first-order chi connectivity index (χ1) is 8.11. The fourth-order valence-corrected chi connectivity index (χ4v) is 2.86. The summed E-state index contributed by atoms with van der Waals surface area (Å²) in [6.07, 6.45) is 3.05. The van der Waals surface area contributed by atoms with Gasteiger partial charge in [0.15, 0.2) is 0 Å². The van der Waals surface area contributed by atoms with Gasteiger partial charge in [-0.3, -0.25) is 4.79 Å². The van der Waals surface area contributed by atoms with Crippen LogP contribution in [0.2, 0.25) is 5.02 Å². The van der Waals surface area contributed by atoms with Gasteiger partial charge in [0.25, 0.3) is 5.91 Å². The Morgan fingerprint density at radius 2 is 2.35 bits per heavy atom. The van der Waals surface area contributed by atoms with Crippen LogP contribution in [0.25, 0.3) is 0 Å². The fourth-order valence-electron chi connectivity index (χ4n) is 1.94. The van der Waals surface area contributed by atoms with E-state index in [0.717, 1.165) is 19.5 Å². The Morgan fingerprint density at radius 3 is 2.94 bits per heavy atom. The third kappa shape index (κ3) is 2.75. The van der Waals surface area contributed by atoms with E-state index in [1.807, 2.05) is 6.26 Å². The molecule has 1 amide bonds. The molecule has 0 N–H and O–H groups in total. The van der Waals surface area contributed by atoms with Crippen LogP contribution in [0, 0.1) is 5.82 Å². The molecule has 1 aromatic carbocycles. The van der Waals surface area contributed by atoms with Crippen molar-refractivity contribution in [2.45, 2.75) is 11.7 Å². The summed E-state index contributed by atoms with van der Waals surface area (Å²) in [6, 6.07) is 3.89. The summed E-state index contributed by atoms with van der Waals surface area (Å²) in [6.45, 7) is 1.49. The lowest BCUT2D eigenvalue weighted by Gasteiger charge is -2.16. The zero-order chi connectivity index (χ0) is 12.4. The van der Waals surface area contributed by atoms with Gasteiger partial charge in [0, 0.05) is 18.3 Å². The number of thioether (sulfide) groups is 1. The maximum absolute atomic E-state index is 12.9. The minimum atomic E-state index is -0.421. The summed E-state index contributed by atoms with van der Waals surface area (Å²) in [5.41, 5.74) is 0.384. The summed E-state index contributed by atoms with van der Waals surface area (Å²) in [5.74, 6) is -0.526. The van der Waals surface area contributed by atoms with Crippen molar-refractivity contribution in [1.82, 2.24) is 4.90 Å². The van der Waals surface area contributed by atoms with Crippen molar-refractivity contribution in [3.05, 3.63) is 34.6 Å². The van der Waals surface area contributed by atoms with E-state index in [4.69, 9.17) is 11.6 Å². The van der Waals surface area contributed by atoms with E-state index in [9.17, 15) is 9.18 Å². The Balaban J connectivity index is 2.15. The Labute approximate surface area is 109 Å². The molecule has 0 saturated carbocycles. The fraction of sp³-hybridized carbons (Fsp3) is 0.417. The molecule has 1 aromatic rings. The molecular formula is C12H13ClFNOS. The van der Waals surface area contributed by atoms with Gasteiger partial charge < -0.3 is 4.90 Å². The summed E-state index contributed by atoms with van der Waals surface area (Å²) < 4.78 is 12.9. The van der Waals surface area contributed by atoms with Crippen LogP contribution in [0.3, 0.4) is 0 Å². The molecule has 1 aliphatic heterocycles. The number of hydrogen-bond donors (Lipinski definition) is 0. The van der Waals surface area contributed by atoms with Gasteiger partial charge in [-0.15, -0.1) is 0 Å². The third-order valence-corrected chi connectivity index (χ3v) is 4.29. The highest BCUT2D eigenvalue weighted by molar-refractivity contribution is 7.99. The number of halogens is 2. The first-order valence-corrected chi connectivity index (χ1v) is 7.05. The maximum atomic E-state index is 12.9. The molecule has 0 aromatic heterocycles. The van der Waals surface area contributed by atoms with Gasteiger partial charge in [-0.25, -0.2) is 4.39 Å². The van der Waals surface area contributed by atoms with Crippen LogP contribution in [-0.2, 0) is 0 Å². The van der Waals surface area contributed by atoms with Gasteiger partial charge in [-0.1, -0.05) is 11.6 Å². The molecule has 0 bridgehead atoms. The van der Waals surface area contributed by atoms with E-state index < -0.39 is 5.82 Å². The van der Waals surface area contributed by atoms with Gasteiger partial charge in [0.2, 0.25) is 0 Å². The average Bonchev–Trinajstić information content (AvgIpc) is 2.76.